The van der Waals surface area contributed by atoms with E-state index in [1.54, 1.807) is 0 Å². The van der Waals surface area contributed by atoms with Crippen LogP contribution < -0.4 is 5.73 Å². The number of ketones is 1. The molecular formula is C13H17ClFNO. The summed E-state index contributed by atoms with van der Waals surface area (Å²) < 4.78 is 13.0. The highest BCUT2D eigenvalue weighted by Gasteiger charge is 2.21. The Morgan fingerprint density at radius 3 is 2.65 bits per heavy atom. The zero-order chi connectivity index (χ0) is 13.0. The Kier molecular flexibility index (Phi) is 5.09. The van der Waals surface area contributed by atoms with E-state index in [4.69, 9.17) is 17.3 Å². The predicted octanol–water partition coefficient (Wildman–Crippen LogP) is 2.82. The number of carbonyl (C=O) groups is 1. The molecule has 0 heterocycles. The third-order valence-electron chi connectivity index (χ3n) is 2.84. The summed E-state index contributed by atoms with van der Waals surface area (Å²) in [6.07, 6.45) is 0.136. The van der Waals surface area contributed by atoms with Crippen LogP contribution in [0.25, 0.3) is 0 Å². The van der Waals surface area contributed by atoms with Crippen LogP contribution in [-0.2, 0) is 11.2 Å². The van der Waals surface area contributed by atoms with Gasteiger partial charge < -0.3 is 5.73 Å². The molecule has 1 aromatic carbocycles. The van der Waals surface area contributed by atoms with E-state index in [0.717, 1.165) is 0 Å². The van der Waals surface area contributed by atoms with Crippen LogP contribution in [0.15, 0.2) is 18.2 Å². The third-order valence-corrected chi connectivity index (χ3v) is 3.21. The van der Waals surface area contributed by atoms with Crippen molar-refractivity contribution >= 4 is 17.4 Å². The van der Waals surface area contributed by atoms with Gasteiger partial charge in [-0.2, -0.15) is 0 Å². The highest BCUT2D eigenvalue weighted by molar-refractivity contribution is 6.31. The van der Waals surface area contributed by atoms with Crippen molar-refractivity contribution in [3.8, 4) is 0 Å². The van der Waals surface area contributed by atoms with Crippen LogP contribution in [0.2, 0.25) is 5.02 Å². The summed E-state index contributed by atoms with van der Waals surface area (Å²) in [6.45, 7) is 4.20. The van der Waals surface area contributed by atoms with Crippen LogP contribution >= 0.6 is 11.6 Å². The highest BCUT2D eigenvalue weighted by atomic mass is 35.5. The predicted molar refractivity (Wildman–Crippen MR) is 67.5 cm³/mol. The van der Waals surface area contributed by atoms with Crippen LogP contribution in [0, 0.1) is 17.7 Å². The first-order valence-corrected chi connectivity index (χ1v) is 6.00. The van der Waals surface area contributed by atoms with Gasteiger partial charge in [0.05, 0.1) is 0 Å². The zero-order valence-electron chi connectivity index (χ0n) is 10.0. The number of Topliss-reactive ketones (excluding diaryl/α,β-unsaturated/α-hetero) is 1. The van der Waals surface area contributed by atoms with Gasteiger partial charge in [-0.3, -0.25) is 4.79 Å². The first-order valence-electron chi connectivity index (χ1n) is 5.62. The zero-order valence-corrected chi connectivity index (χ0v) is 10.8. The molecular weight excluding hydrogens is 241 g/mol. The molecule has 1 rings (SSSR count). The number of benzene rings is 1. The Bertz CT molecular complexity index is 406. The van der Waals surface area contributed by atoms with Gasteiger partial charge >= 0.3 is 0 Å². The molecule has 4 heteroatoms. The van der Waals surface area contributed by atoms with Gasteiger partial charge in [0.25, 0.3) is 0 Å². The molecule has 0 aliphatic heterocycles. The maximum atomic E-state index is 13.0. The monoisotopic (exact) mass is 257 g/mol. The molecule has 0 aliphatic rings. The smallest absolute Gasteiger partial charge is 0.141 e. The molecule has 2 N–H and O–H groups in total. The fourth-order valence-electron chi connectivity index (χ4n) is 1.77. The van der Waals surface area contributed by atoms with E-state index in [0.29, 0.717) is 17.1 Å². The van der Waals surface area contributed by atoms with Gasteiger partial charge in [-0.15, -0.1) is 0 Å². The van der Waals surface area contributed by atoms with E-state index in [1.807, 2.05) is 13.8 Å². The summed E-state index contributed by atoms with van der Waals surface area (Å²) >= 11 is 5.92. The Labute approximate surface area is 106 Å². The Balaban J connectivity index is 2.83. The van der Waals surface area contributed by atoms with Crippen molar-refractivity contribution in [3.05, 3.63) is 34.6 Å². The summed E-state index contributed by atoms with van der Waals surface area (Å²) in [7, 11) is 0. The SMILES string of the molecule is CC(C)C(CN)C(=O)Cc1cc(F)ccc1Cl. The molecule has 0 bridgehead atoms. The van der Waals surface area contributed by atoms with Gasteiger partial charge in [0.2, 0.25) is 0 Å². The van der Waals surface area contributed by atoms with E-state index in [2.05, 4.69) is 0 Å². The van der Waals surface area contributed by atoms with Crippen molar-refractivity contribution in [1.29, 1.82) is 0 Å². The van der Waals surface area contributed by atoms with E-state index < -0.39 is 0 Å². The van der Waals surface area contributed by atoms with E-state index in [-0.39, 0.29) is 29.9 Å². The summed E-state index contributed by atoms with van der Waals surface area (Å²) in [6, 6.07) is 4.04. The summed E-state index contributed by atoms with van der Waals surface area (Å²) in [5.41, 5.74) is 6.09. The molecule has 17 heavy (non-hydrogen) atoms. The Morgan fingerprint density at radius 1 is 1.47 bits per heavy atom. The van der Waals surface area contributed by atoms with Crippen molar-refractivity contribution in [3.63, 3.8) is 0 Å². The highest BCUT2D eigenvalue weighted by Crippen LogP contribution is 2.20. The number of rotatable bonds is 5. The van der Waals surface area contributed by atoms with Gasteiger partial charge in [-0.1, -0.05) is 25.4 Å². The molecule has 1 unspecified atom stereocenters. The number of hydrogen-bond donors (Lipinski definition) is 1. The third kappa shape index (κ3) is 3.79. The second kappa shape index (κ2) is 6.12. The van der Waals surface area contributed by atoms with Gasteiger partial charge in [0.15, 0.2) is 0 Å². The second-order valence-electron chi connectivity index (χ2n) is 4.47. The molecule has 0 spiro atoms. The Morgan fingerprint density at radius 2 is 2.12 bits per heavy atom. The first-order chi connectivity index (χ1) is 7.95. The quantitative estimate of drug-likeness (QED) is 0.881. The van der Waals surface area contributed by atoms with Gasteiger partial charge in [-0.05, 0) is 29.7 Å². The van der Waals surface area contributed by atoms with Crippen molar-refractivity contribution in [1.82, 2.24) is 0 Å². The fraction of sp³-hybridized carbons (Fsp3) is 0.462. The van der Waals surface area contributed by atoms with Gasteiger partial charge in [-0.25, -0.2) is 4.39 Å². The maximum absolute atomic E-state index is 13.0. The minimum absolute atomic E-state index is 0.00926. The van der Waals surface area contributed by atoms with Crippen LogP contribution in [-0.4, -0.2) is 12.3 Å². The lowest BCUT2D eigenvalue weighted by Crippen LogP contribution is -2.29. The summed E-state index contributed by atoms with van der Waals surface area (Å²) in [5.74, 6) is -0.393. The number of carbonyl (C=O) groups excluding carboxylic acids is 1. The molecule has 0 saturated heterocycles. The van der Waals surface area contributed by atoms with Crippen LogP contribution in [0.1, 0.15) is 19.4 Å². The van der Waals surface area contributed by atoms with Crippen molar-refractivity contribution in [2.24, 2.45) is 17.6 Å². The minimum Gasteiger partial charge on any atom is -0.330 e. The molecule has 0 aliphatic carbocycles. The van der Waals surface area contributed by atoms with Crippen LogP contribution in [0.4, 0.5) is 4.39 Å². The normalized spacial score (nSPS) is 12.8. The first kappa shape index (κ1) is 14.1. The molecule has 0 aromatic heterocycles. The number of halogens is 2. The molecule has 0 saturated carbocycles. The standard InChI is InChI=1S/C13H17ClFNO/c1-8(2)11(7-16)13(17)6-9-5-10(15)3-4-12(9)14/h3-5,8,11H,6-7,16H2,1-2H3. The lowest BCUT2D eigenvalue weighted by atomic mass is 9.88. The molecule has 2 nitrogen and oxygen atoms in total. The second-order valence-corrected chi connectivity index (χ2v) is 4.87. The lowest BCUT2D eigenvalue weighted by molar-refractivity contribution is -0.123. The molecule has 0 fully saturated rings. The van der Waals surface area contributed by atoms with Crippen LogP contribution in [0.5, 0.6) is 0 Å². The number of hydrogen-bond acceptors (Lipinski definition) is 2. The molecule has 1 atom stereocenters. The average Bonchev–Trinajstić information content (AvgIpc) is 2.24. The Hall–Kier alpha value is -0.930. The molecule has 1 aromatic rings. The number of nitrogens with two attached hydrogens (primary N) is 1. The van der Waals surface area contributed by atoms with Gasteiger partial charge in [0.1, 0.15) is 11.6 Å². The molecule has 0 amide bonds. The lowest BCUT2D eigenvalue weighted by Gasteiger charge is -2.17. The van der Waals surface area contributed by atoms with Crippen LogP contribution in [0.3, 0.4) is 0 Å². The van der Waals surface area contributed by atoms with E-state index in [9.17, 15) is 9.18 Å². The van der Waals surface area contributed by atoms with Crippen molar-refractivity contribution < 1.29 is 9.18 Å². The minimum atomic E-state index is -0.383. The topological polar surface area (TPSA) is 43.1 Å². The molecule has 0 radical (unpaired) electrons. The maximum Gasteiger partial charge on any atom is 0.141 e. The fourth-order valence-corrected chi connectivity index (χ4v) is 1.96. The average molecular weight is 258 g/mol. The van der Waals surface area contributed by atoms with Crippen molar-refractivity contribution in [2.45, 2.75) is 20.3 Å². The largest absolute Gasteiger partial charge is 0.330 e. The molecule has 94 valence electrons. The summed E-state index contributed by atoms with van der Waals surface area (Å²) in [5, 5.41) is 0.416. The summed E-state index contributed by atoms with van der Waals surface area (Å²) in [4.78, 5) is 12.0. The van der Waals surface area contributed by atoms with E-state index >= 15 is 0 Å². The van der Waals surface area contributed by atoms with Crippen molar-refractivity contribution in [2.75, 3.05) is 6.54 Å². The van der Waals surface area contributed by atoms with Gasteiger partial charge in [0, 0.05) is 23.9 Å². The van der Waals surface area contributed by atoms with E-state index in [1.165, 1.54) is 18.2 Å².